The minimum absolute atomic E-state index is 0.0266. The number of nitrogens with zero attached hydrogens (tertiary/aromatic N) is 2. The number of hydrogen-bond donors (Lipinski definition) is 0. The van der Waals surface area contributed by atoms with Gasteiger partial charge < -0.3 is 9.47 Å². The average Bonchev–Trinajstić information content (AvgIpc) is 2.74. The van der Waals surface area contributed by atoms with Crippen LogP contribution in [0.2, 0.25) is 0 Å². The molecule has 6 nitrogen and oxygen atoms in total. The predicted octanol–water partition coefficient (Wildman–Crippen LogP) is 1.13. The molecule has 0 spiro atoms. The first-order chi connectivity index (χ1) is 8.63. The Morgan fingerprint density at radius 1 is 1.17 bits per heavy atom. The number of ether oxygens (including phenoxy) is 2. The zero-order valence-corrected chi connectivity index (χ0v) is 10.9. The Labute approximate surface area is 106 Å². The van der Waals surface area contributed by atoms with E-state index in [2.05, 4.69) is 9.98 Å². The highest BCUT2D eigenvalue weighted by atomic mass is 16.5. The van der Waals surface area contributed by atoms with E-state index in [9.17, 15) is 9.59 Å². The molecule has 0 radical (unpaired) electrons. The molecule has 0 aromatic heterocycles. The van der Waals surface area contributed by atoms with Gasteiger partial charge in [-0.3, -0.25) is 0 Å². The van der Waals surface area contributed by atoms with Crippen LogP contribution in [0.4, 0.5) is 0 Å². The zero-order valence-electron chi connectivity index (χ0n) is 10.9. The van der Waals surface area contributed by atoms with Crippen molar-refractivity contribution in [1.82, 2.24) is 0 Å². The monoisotopic (exact) mass is 254 g/mol. The van der Waals surface area contributed by atoms with Gasteiger partial charge in [0.05, 0.1) is 13.2 Å². The lowest BCUT2D eigenvalue weighted by Gasteiger charge is -2.08. The lowest BCUT2D eigenvalue weighted by atomic mass is 10.2. The van der Waals surface area contributed by atoms with Crippen LogP contribution in [0.3, 0.4) is 0 Å². The fourth-order valence-electron chi connectivity index (χ4n) is 1.53. The molecule has 0 saturated heterocycles. The molecule has 0 aromatic carbocycles. The van der Waals surface area contributed by atoms with E-state index in [1.807, 2.05) is 6.92 Å². The summed E-state index contributed by atoms with van der Waals surface area (Å²) < 4.78 is 9.74. The molecule has 0 amide bonds. The van der Waals surface area contributed by atoms with Crippen LogP contribution in [0.1, 0.15) is 33.6 Å². The number of hydrogen-bond acceptors (Lipinski definition) is 6. The second-order valence-corrected chi connectivity index (χ2v) is 3.67. The summed E-state index contributed by atoms with van der Waals surface area (Å²) in [6, 6.07) is -0.967. The van der Waals surface area contributed by atoms with Crippen LogP contribution in [-0.4, -0.2) is 42.7 Å². The van der Waals surface area contributed by atoms with Gasteiger partial charge in [0.2, 0.25) is 0 Å². The Balaban J connectivity index is 2.87. The summed E-state index contributed by atoms with van der Waals surface area (Å²) in [5, 5.41) is 0. The maximum Gasteiger partial charge on any atom is 0.355 e. The minimum Gasteiger partial charge on any atom is -0.464 e. The van der Waals surface area contributed by atoms with E-state index in [1.54, 1.807) is 13.8 Å². The highest BCUT2D eigenvalue weighted by Gasteiger charge is 2.35. The summed E-state index contributed by atoms with van der Waals surface area (Å²) in [6.07, 6.45) is 1.47. The molecule has 1 rings (SSSR count). The van der Waals surface area contributed by atoms with Crippen molar-refractivity contribution < 1.29 is 19.1 Å². The Bertz CT molecular complexity index is 388. The van der Waals surface area contributed by atoms with Crippen molar-refractivity contribution in [1.29, 1.82) is 0 Å². The van der Waals surface area contributed by atoms with Crippen molar-refractivity contribution in [2.75, 3.05) is 13.2 Å². The average molecular weight is 254 g/mol. The van der Waals surface area contributed by atoms with Gasteiger partial charge in [0.1, 0.15) is 5.84 Å². The SMILES string of the molecule is CCCC1=NC(C(=O)OCC)C(C(=O)OCC)=N1. The lowest BCUT2D eigenvalue weighted by Crippen LogP contribution is -2.34. The van der Waals surface area contributed by atoms with Gasteiger partial charge >= 0.3 is 11.9 Å². The van der Waals surface area contributed by atoms with Gasteiger partial charge in [-0.1, -0.05) is 6.92 Å². The normalized spacial score (nSPS) is 18.1. The van der Waals surface area contributed by atoms with E-state index < -0.39 is 18.0 Å². The fraction of sp³-hybridized carbons (Fsp3) is 0.667. The molecule has 18 heavy (non-hydrogen) atoms. The van der Waals surface area contributed by atoms with Gasteiger partial charge in [-0.2, -0.15) is 0 Å². The van der Waals surface area contributed by atoms with Crippen LogP contribution in [0.15, 0.2) is 9.98 Å². The van der Waals surface area contributed by atoms with Crippen molar-refractivity contribution in [3.8, 4) is 0 Å². The molecule has 1 heterocycles. The predicted molar refractivity (Wildman–Crippen MR) is 66.8 cm³/mol. The van der Waals surface area contributed by atoms with Crippen LogP contribution in [0, 0.1) is 0 Å². The molecule has 6 heteroatoms. The third-order valence-corrected chi connectivity index (χ3v) is 2.25. The van der Waals surface area contributed by atoms with Crippen molar-refractivity contribution in [3.63, 3.8) is 0 Å². The summed E-state index contributed by atoms with van der Waals surface area (Å²) >= 11 is 0. The number of amidine groups is 1. The largest absolute Gasteiger partial charge is 0.464 e. The van der Waals surface area contributed by atoms with Crippen LogP contribution in [0.25, 0.3) is 0 Å². The van der Waals surface area contributed by atoms with Gasteiger partial charge in [-0.15, -0.1) is 0 Å². The van der Waals surface area contributed by atoms with Crippen LogP contribution >= 0.6 is 0 Å². The van der Waals surface area contributed by atoms with E-state index in [4.69, 9.17) is 9.47 Å². The van der Waals surface area contributed by atoms with Crippen molar-refractivity contribution in [3.05, 3.63) is 0 Å². The van der Waals surface area contributed by atoms with Gasteiger partial charge in [-0.25, -0.2) is 19.6 Å². The Hall–Kier alpha value is -1.72. The van der Waals surface area contributed by atoms with E-state index in [1.165, 1.54) is 0 Å². The molecular weight excluding hydrogens is 236 g/mol. The summed E-state index contributed by atoms with van der Waals surface area (Å²) in [7, 11) is 0. The highest BCUT2D eigenvalue weighted by molar-refractivity contribution is 6.45. The van der Waals surface area contributed by atoms with Crippen molar-refractivity contribution in [2.24, 2.45) is 9.98 Å². The first-order valence-corrected chi connectivity index (χ1v) is 6.13. The number of carbonyl (C=O) groups is 2. The fourth-order valence-corrected chi connectivity index (χ4v) is 1.53. The number of aliphatic imine (C=N–C) groups is 2. The van der Waals surface area contributed by atoms with E-state index in [0.717, 1.165) is 6.42 Å². The maximum atomic E-state index is 11.7. The Morgan fingerprint density at radius 2 is 1.83 bits per heavy atom. The van der Waals surface area contributed by atoms with E-state index in [0.29, 0.717) is 12.3 Å². The van der Waals surface area contributed by atoms with Gasteiger partial charge in [-0.05, 0) is 20.3 Å². The standard InChI is InChI=1S/C12H18N2O4/c1-4-7-8-13-9(11(15)17-5-2)10(14-8)12(16)18-6-3/h9H,4-7H2,1-3H3. The molecule has 0 bridgehead atoms. The smallest absolute Gasteiger partial charge is 0.355 e. The molecule has 0 fully saturated rings. The third-order valence-electron chi connectivity index (χ3n) is 2.25. The molecule has 0 aliphatic carbocycles. The van der Waals surface area contributed by atoms with Gasteiger partial charge in [0.15, 0.2) is 11.8 Å². The van der Waals surface area contributed by atoms with E-state index >= 15 is 0 Å². The van der Waals surface area contributed by atoms with Crippen LogP contribution < -0.4 is 0 Å². The van der Waals surface area contributed by atoms with E-state index in [-0.39, 0.29) is 18.9 Å². The van der Waals surface area contributed by atoms with Gasteiger partial charge in [0.25, 0.3) is 0 Å². The molecule has 0 N–H and O–H groups in total. The summed E-state index contributed by atoms with van der Waals surface area (Å²) in [6.45, 7) is 5.84. The summed E-state index contributed by atoms with van der Waals surface area (Å²) in [5.74, 6) is -0.667. The molecule has 1 aliphatic heterocycles. The minimum atomic E-state index is -0.967. The van der Waals surface area contributed by atoms with Gasteiger partial charge in [0, 0.05) is 6.42 Å². The van der Waals surface area contributed by atoms with Crippen LogP contribution in [-0.2, 0) is 19.1 Å². The third kappa shape index (κ3) is 3.38. The van der Waals surface area contributed by atoms with Crippen LogP contribution in [0.5, 0.6) is 0 Å². The molecule has 1 atom stereocenters. The lowest BCUT2D eigenvalue weighted by molar-refractivity contribution is -0.144. The number of rotatable bonds is 6. The first kappa shape index (κ1) is 14.3. The quantitative estimate of drug-likeness (QED) is 0.666. The Morgan fingerprint density at radius 3 is 2.39 bits per heavy atom. The van der Waals surface area contributed by atoms with Crippen molar-refractivity contribution in [2.45, 2.75) is 39.7 Å². The second-order valence-electron chi connectivity index (χ2n) is 3.67. The number of esters is 2. The highest BCUT2D eigenvalue weighted by Crippen LogP contribution is 2.13. The second kappa shape index (κ2) is 6.88. The summed E-state index contributed by atoms with van der Waals surface area (Å²) in [5.41, 5.74) is 0.0266. The molecule has 100 valence electrons. The first-order valence-electron chi connectivity index (χ1n) is 6.13. The molecule has 0 aromatic rings. The molecule has 1 unspecified atom stereocenters. The zero-order chi connectivity index (χ0) is 13.5. The maximum absolute atomic E-state index is 11.7. The molecule has 0 saturated carbocycles. The topological polar surface area (TPSA) is 77.3 Å². The number of carbonyl (C=O) groups excluding carboxylic acids is 2. The Kier molecular flexibility index (Phi) is 5.48. The van der Waals surface area contributed by atoms with Crippen molar-refractivity contribution >= 4 is 23.5 Å². The molecular formula is C12H18N2O4. The summed E-state index contributed by atoms with van der Waals surface area (Å²) in [4.78, 5) is 31.6. The molecule has 1 aliphatic rings.